The molecule has 3 rings (SSSR count). The van der Waals surface area contributed by atoms with E-state index < -0.39 is 30.3 Å². The summed E-state index contributed by atoms with van der Waals surface area (Å²) in [5, 5.41) is 14.0. The molecule has 0 saturated carbocycles. The highest BCUT2D eigenvalue weighted by atomic mass is 35.5. The molecule has 5 N–H and O–H groups in total. The Morgan fingerprint density at radius 1 is 1.37 bits per heavy atom. The van der Waals surface area contributed by atoms with Gasteiger partial charge in [-0.15, -0.1) is 0 Å². The Bertz CT molecular complexity index is 1280. The second-order valence-corrected chi connectivity index (χ2v) is 10.9. The number of aromatic nitrogens is 2. The van der Waals surface area contributed by atoms with Gasteiger partial charge in [0.05, 0.1) is 23.5 Å². The van der Waals surface area contributed by atoms with Gasteiger partial charge >= 0.3 is 6.18 Å². The number of halogens is 4. The number of nitrogens with zero attached hydrogens (tertiary/aromatic N) is 4. The van der Waals surface area contributed by atoms with Gasteiger partial charge in [0.25, 0.3) is 0 Å². The lowest BCUT2D eigenvalue weighted by Gasteiger charge is -2.30. The van der Waals surface area contributed by atoms with Crippen molar-refractivity contribution in [1.82, 2.24) is 9.78 Å². The normalized spacial score (nSPS) is 23.0. The van der Waals surface area contributed by atoms with Crippen molar-refractivity contribution in [2.45, 2.75) is 63.3 Å². The number of aliphatic hydroxyl groups excluding tert-OH is 1. The summed E-state index contributed by atoms with van der Waals surface area (Å²) in [4.78, 5) is 19.3. The first kappa shape index (κ1) is 32.3. The van der Waals surface area contributed by atoms with Crippen LogP contribution in [0.3, 0.4) is 0 Å². The monoisotopic (exact) mass is 596 g/mol. The maximum absolute atomic E-state index is 14.4. The number of allylic oxidation sites excluding steroid dienone is 5. The van der Waals surface area contributed by atoms with Crippen LogP contribution >= 0.6 is 11.6 Å². The predicted octanol–water partition coefficient (Wildman–Crippen LogP) is 4.54. The zero-order valence-corrected chi connectivity index (χ0v) is 23.8. The second kappa shape index (κ2) is 13.6. The van der Waals surface area contributed by atoms with Gasteiger partial charge in [-0.2, -0.15) is 23.3 Å². The molecule has 13 heteroatoms. The third kappa shape index (κ3) is 8.88. The van der Waals surface area contributed by atoms with Crippen LogP contribution in [0.1, 0.15) is 51.1 Å². The van der Waals surface area contributed by atoms with E-state index in [1.54, 1.807) is 25.4 Å². The molecule has 0 aliphatic heterocycles. The molecule has 0 saturated heterocycles. The van der Waals surface area contributed by atoms with Gasteiger partial charge in [0.1, 0.15) is 6.29 Å². The average Bonchev–Trinajstić information content (AvgIpc) is 3.24. The van der Waals surface area contributed by atoms with E-state index in [0.29, 0.717) is 60.4 Å². The summed E-state index contributed by atoms with van der Waals surface area (Å²) >= 11 is 6.22. The molecule has 41 heavy (non-hydrogen) atoms. The molecule has 1 aromatic heterocycles. The number of hydrogen-bond acceptors (Lipinski definition) is 6. The minimum Gasteiger partial charge on any atom is -0.467 e. The van der Waals surface area contributed by atoms with Crippen molar-refractivity contribution in [3.05, 3.63) is 59.1 Å². The molecule has 224 valence electrons. The van der Waals surface area contributed by atoms with E-state index in [0.717, 1.165) is 5.57 Å². The van der Waals surface area contributed by atoms with Gasteiger partial charge in [0.2, 0.25) is 12.1 Å². The lowest BCUT2D eigenvalue weighted by atomic mass is 9.80. The van der Waals surface area contributed by atoms with Gasteiger partial charge in [-0.05, 0) is 67.7 Å². The molecule has 2 aliphatic carbocycles. The predicted molar refractivity (Wildman–Crippen MR) is 153 cm³/mol. The van der Waals surface area contributed by atoms with Crippen LogP contribution in [0.4, 0.5) is 13.2 Å². The molecule has 1 heterocycles. The number of aryl methyl sites for hydroxylation is 1. The zero-order valence-electron chi connectivity index (χ0n) is 23.1. The Balaban J connectivity index is 1.75. The molecule has 2 aliphatic rings. The number of alkyl halides is 3. The topological polar surface area (TPSA) is 141 Å². The van der Waals surface area contributed by atoms with Crippen LogP contribution in [0.25, 0.3) is 5.57 Å². The molecule has 0 amide bonds. The summed E-state index contributed by atoms with van der Waals surface area (Å²) in [7, 11) is 1.68. The summed E-state index contributed by atoms with van der Waals surface area (Å²) in [6, 6.07) is 1.63. The number of ether oxygens (including phenoxy) is 1. The van der Waals surface area contributed by atoms with Gasteiger partial charge in [-0.1, -0.05) is 30.3 Å². The minimum absolute atomic E-state index is 0.0993. The van der Waals surface area contributed by atoms with Crippen LogP contribution in [0, 0.1) is 11.8 Å². The summed E-state index contributed by atoms with van der Waals surface area (Å²) in [5.74, 6) is -1.61. The van der Waals surface area contributed by atoms with Crippen molar-refractivity contribution in [1.29, 1.82) is 0 Å². The SMILES string of the molecule is C=C(N=C(N)N=C(C)O[C@H](C1CCC=C(Cl)C=C1c1ccn(C)n1)C(F)(F)F)C1=CCC(C[C@@](N)(C=O)CO)CC1. The van der Waals surface area contributed by atoms with Crippen LogP contribution < -0.4 is 11.5 Å². The van der Waals surface area contributed by atoms with Gasteiger partial charge in [-0.25, -0.2) is 4.99 Å². The highest BCUT2D eigenvalue weighted by Crippen LogP contribution is 2.41. The number of aldehydes is 1. The van der Waals surface area contributed by atoms with Crippen molar-refractivity contribution in [3.63, 3.8) is 0 Å². The van der Waals surface area contributed by atoms with Crippen LogP contribution in [-0.4, -0.2) is 57.5 Å². The van der Waals surface area contributed by atoms with E-state index in [1.807, 2.05) is 6.08 Å². The second-order valence-electron chi connectivity index (χ2n) is 10.5. The van der Waals surface area contributed by atoms with Gasteiger partial charge < -0.3 is 26.1 Å². The average molecular weight is 597 g/mol. The van der Waals surface area contributed by atoms with Crippen LogP contribution in [0.5, 0.6) is 0 Å². The Morgan fingerprint density at radius 2 is 2.10 bits per heavy atom. The van der Waals surface area contributed by atoms with Crippen LogP contribution in [-0.2, 0) is 16.6 Å². The number of aliphatic hydroxyl groups is 1. The van der Waals surface area contributed by atoms with E-state index >= 15 is 0 Å². The maximum atomic E-state index is 14.4. The Morgan fingerprint density at radius 3 is 2.66 bits per heavy atom. The van der Waals surface area contributed by atoms with E-state index in [9.17, 15) is 23.1 Å². The Hall–Kier alpha value is -3.22. The Labute approximate surface area is 242 Å². The van der Waals surface area contributed by atoms with Crippen LogP contribution in [0.15, 0.2) is 63.4 Å². The maximum Gasteiger partial charge on any atom is 0.426 e. The largest absolute Gasteiger partial charge is 0.467 e. The molecule has 4 atom stereocenters. The van der Waals surface area contributed by atoms with Crippen LogP contribution in [0.2, 0.25) is 0 Å². The summed E-state index contributed by atoms with van der Waals surface area (Å²) in [5.41, 5.74) is 12.4. The van der Waals surface area contributed by atoms with Gasteiger partial charge in [-0.3, -0.25) is 4.68 Å². The van der Waals surface area contributed by atoms with E-state index in [1.165, 1.54) is 17.7 Å². The number of nitrogens with two attached hydrogens (primary N) is 2. The summed E-state index contributed by atoms with van der Waals surface area (Å²) in [6.45, 7) is 4.77. The first-order valence-electron chi connectivity index (χ1n) is 13.2. The molecule has 0 bridgehead atoms. The van der Waals surface area contributed by atoms with Crippen molar-refractivity contribution >= 4 is 35.3 Å². The lowest BCUT2D eigenvalue weighted by Crippen LogP contribution is -2.47. The highest BCUT2D eigenvalue weighted by Gasteiger charge is 2.49. The smallest absolute Gasteiger partial charge is 0.426 e. The summed E-state index contributed by atoms with van der Waals surface area (Å²) in [6.07, 6.45) is 2.98. The van der Waals surface area contributed by atoms with Gasteiger partial charge in [0.15, 0.2) is 5.90 Å². The summed E-state index contributed by atoms with van der Waals surface area (Å²) < 4.78 is 50.0. The quantitative estimate of drug-likeness (QED) is 0.217. The number of aliphatic imine (C=N–C) groups is 2. The molecule has 0 fully saturated rings. The fraction of sp³-hybridized carbons (Fsp3) is 0.500. The van der Waals surface area contributed by atoms with Crippen molar-refractivity contribution in [3.8, 4) is 0 Å². The lowest BCUT2D eigenvalue weighted by molar-refractivity contribution is -0.208. The third-order valence-corrected chi connectivity index (χ3v) is 7.38. The number of carbonyl (C=O) groups is 1. The fourth-order valence-corrected chi connectivity index (χ4v) is 5.25. The molecule has 0 radical (unpaired) electrons. The fourth-order valence-electron chi connectivity index (χ4n) is 5.03. The standard InChI is InChI=1S/C28H36ClF3N6O3/c1-17(20-9-7-19(8-10-20)14-27(34,15-39)16-40)35-26(33)36-18(2)41-25(28(30,31)32)22-6-4-5-21(29)13-23(22)24-11-12-38(3)37-24/h5,9,11-13,15,19,22,25,40H,1,4,6-8,10,14,16,34H2,2-3H3,(H2,33,35)/t19?,22?,25-,27-/m1/s1. The molecule has 2 unspecified atom stereocenters. The van der Waals surface area contributed by atoms with Crippen molar-refractivity contribution < 1.29 is 27.8 Å². The van der Waals surface area contributed by atoms with E-state index in [4.69, 9.17) is 27.8 Å². The molecule has 0 aromatic carbocycles. The first-order chi connectivity index (χ1) is 19.2. The molecule has 1 aromatic rings. The third-order valence-electron chi connectivity index (χ3n) is 7.11. The number of rotatable bonds is 9. The molecular formula is C28H36ClF3N6O3. The zero-order chi connectivity index (χ0) is 30.4. The molecule has 9 nitrogen and oxygen atoms in total. The first-order valence-corrected chi connectivity index (χ1v) is 13.6. The molecule has 0 spiro atoms. The Kier molecular flexibility index (Phi) is 10.7. The van der Waals surface area contributed by atoms with Crippen molar-refractivity contribution in [2.75, 3.05) is 6.61 Å². The van der Waals surface area contributed by atoms with Gasteiger partial charge in [0, 0.05) is 31.1 Å². The number of guanidine groups is 1. The minimum atomic E-state index is -4.73. The van der Waals surface area contributed by atoms with E-state index in [-0.39, 0.29) is 24.2 Å². The number of hydrogen-bond donors (Lipinski definition) is 3. The van der Waals surface area contributed by atoms with Crippen molar-refractivity contribution in [2.24, 2.45) is 40.3 Å². The molecular weight excluding hydrogens is 561 g/mol. The highest BCUT2D eigenvalue weighted by molar-refractivity contribution is 6.31. The van der Waals surface area contributed by atoms with E-state index in [2.05, 4.69) is 21.7 Å². The number of carbonyl (C=O) groups excluding carboxylic acids is 1.